The molecule has 0 fully saturated rings. The van der Waals surface area contributed by atoms with Gasteiger partial charge in [0.1, 0.15) is 5.65 Å². The summed E-state index contributed by atoms with van der Waals surface area (Å²) in [6.07, 6.45) is 2.10. The fourth-order valence-electron chi connectivity index (χ4n) is 3.68. The summed E-state index contributed by atoms with van der Waals surface area (Å²) in [5.41, 5.74) is 5.66. The molecule has 120 valence electrons. The van der Waals surface area contributed by atoms with Crippen LogP contribution in [0, 0.1) is 6.92 Å². The standard InChI is InChI=1S/C22H15BrN2/c1-14-19-8-4-5-13-25(19)22-20(14)17-6-2-3-7-18(17)21(24-22)15-9-11-16(23)12-10-15/h2-13H,1H3. The van der Waals surface area contributed by atoms with E-state index >= 15 is 0 Å². The van der Waals surface area contributed by atoms with Crippen molar-refractivity contribution in [1.29, 1.82) is 0 Å². The van der Waals surface area contributed by atoms with Crippen molar-refractivity contribution in [2.24, 2.45) is 0 Å². The third-order valence-corrected chi connectivity index (χ3v) is 5.39. The highest BCUT2D eigenvalue weighted by atomic mass is 79.9. The smallest absolute Gasteiger partial charge is 0.146 e. The number of hydrogen-bond donors (Lipinski definition) is 0. The molecule has 5 aromatic rings. The molecular weight excluding hydrogens is 372 g/mol. The van der Waals surface area contributed by atoms with Crippen LogP contribution in [-0.4, -0.2) is 9.38 Å². The molecule has 5 rings (SSSR count). The monoisotopic (exact) mass is 386 g/mol. The van der Waals surface area contributed by atoms with E-state index < -0.39 is 0 Å². The largest absolute Gasteiger partial charge is 0.301 e. The highest BCUT2D eigenvalue weighted by molar-refractivity contribution is 9.10. The molecule has 0 unspecified atom stereocenters. The first-order chi connectivity index (χ1) is 12.2. The summed E-state index contributed by atoms with van der Waals surface area (Å²) in [6, 6.07) is 23.2. The Morgan fingerprint density at radius 1 is 0.840 bits per heavy atom. The van der Waals surface area contributed by atoms with Crippen molar-refractivity contribution in [2.75, 3.05) is 0 Å². The van der Waals surface area contributed by atoms with Crippen molar-refractivity contribution in [3.63, 3.8) is 0 Å². The number of nitrogens with zero attached hydrogens (tertiary/aromatic N) is 2. The van der Waals surface area contributed by atoms with Gasteiger partial charge >= 0.3 is 0 Å². The van der Waals surface area contributed by atoms with Crippen LogP contribution in [0.3, 0.4) is 0 Å². The lowest BCUT2D eigenvalue weighted by Gasteiger charge is -2.09. The Morgan fingerprint density at radius 2 is 1.56 bits per heavy atom. The molecule has 0 aliphatic heterocycles. The number of aryl methyl sites for hydroxylation is 1. The summed E-state index contributed by atoms with van der Waals surface area (Å²) in [7, 11) is 0. The molecule has 3 aromatic heterocycles. The van der Waals surface area contributed by atoms with Gasteiger partial charge in [-0.05, 0) is 42.1 Å². The fraction of sp³-hybridized carbons (Fsp3) is 0.0455. The molecule has 0 N–H and O–H groups in total. The summed E-state index contributed by atoms with van der Waals surface area (Å²) in [5.74, 6) is 0. The maximum absolute atomic E-state index is 5.10. The van der Waals surface area contributed by atoms with E-state index in [-0.39, 0.29) is 0 Å². The van der Waals surface area contributed by atoms with Gasteiger partial charge in [0.05, 0.1) is 11.2 Å². The Labute approximate surface area is 153 Å². The van der Waals surface area contributed by atoms with Crippen LogP contribution in [0.15, 0.2) is 77.4 Å². The van der Waals surface area contributed by atoms with Gasteiger partial charge in [-0.1, -0.05) is 58.4 Å². The molecule has 0 bridgehead atoms. The van der Waals surface area contributed by atoms with Crippen LogP contribution in [0.5, 0.6) is 0 Å². The number of fused-ring (bicyclic) bond motifs is 5. The van der Waals surface area contributed by atoms with Crippen molar-refractivity contribution >= 4 is 43.3 Å². The minimum absolute atomic E-state index is 1.02. The van der Waals surface area contributed by atoms with Gasteiger partial charge in [0.15, 0.2) is 0 Å². The Balaban J connectivity index is 2.01. The minimum atomic E-state index is 1.02. The first-order valence-corrected chi connectivity index (χ1v) is 9.07. The van der Waals surface area contributed by atoms with Crippen molar-refractivity contribution < 1.29 is 0 Å². The maximum Gasteiger partial charge on any atom is 0.146 e. The summed E-state index contributed by atoms with van der Waals surface area (Å²) < 4.78 is 3.27. The molecule has 0 saturated heterocycles. The first-order valence-electron chi connectivity index (χ1n) is 8.28. The lowest BCUT2D eigenvalue weighted by atomic mass is 10.0. The van der Waals surface area contributed by atoms with Crippen molar-refractivity contribution in [2.45, 2.75) is 6.92 Å². The Bertz CT molecular complexity index is 1250. The fourth-order valence-corrected chi connectivity index (χ4v) is 3.95. The lowest BCUT2D eigenvalue weighted by Crippen LogP contribution is -1.91. The average molecular weight is 387 g/mol. The van der Waals surface area contributed by atoms with Crippen LogP contribution in [0.25, 0.3) is 38.6 Å². The second-order valence-electron chi connectivity index (χ2n) is 6.29. The van der Waals surface area contributed by atoms with Gasteiger partial charge in [0.25, 0.3) is 0 Å². The second kappa shape index (κ2) is 5.43. The zero-order valence-electron chi connectivity index (χ0n) is 13.7. The number of rotatable bonds is 1. The van der Waals surface area contributed by atoms with Crippen LogP contribution in [-0.2, 0) is 0 Å². The van der Waals surface area contributed by atoms with Crippen molar-refractivity contribution in [3.8, 4) is 11.3 Å². The van der Waals surface area contributed by atoms with E-state index in [4.69, 9.17) is 4.98 Å². The van der Waals surface area contributed by atoms with Gasteiger partial charge in [-0.3, -0.25) is 0 Å². The maximum atomic E-state index is 5.10. The van der Waals surface area contributed by atoms with Crippen LogP contribution < -0.4 is 0 Å². The summed E-state index contributed by atoms with van der Waals surface area (Å²) >= 11 is 3.52. The van der Waals surface area contributed by atoms with Gasteiger partial charge < -0.3 is 4.40 Å². The van der Waals surface area contributed by atoms with Crippen LogP contribution in [0.1, 0.15) is 5.56 Å². The Kier molecular flexibility index (Phi) is 3.19. The Morgan fingerprint density at radius 3 is 2.36 bits per heavy atom. The number of halogens is 1. The summed E-state index contributed by atoms with van der Waals surface area (Å²) in [6.45, 7) is 2.19. The molecular formula is C22H15BrN2. The second-order valence-corrected chi connectivity index (χ2v) is 7.21. The topological polar surface area (TPSA) is 17.3 Å². The molecule has 0 aliphatic rings. The number of benzene rings is 2. The van der Waals surface area contributed by atoms with Gasteiger partial charge in [-0.2, -0.15) is 0 Å². The van der Waals surface area contributed by atoms with E-state index in [1.54, 1.807) is 0 Å². The van der Waals surface area contributed by atoms with Gasteiger partial charge in [0, 0.05) is 27.0 Å². The van der Waals surface area contributed by atoms with Gasteiger partial charge in [0.2, 0.25) is 0 Å². The summed E-state index contributed by atoms with van der Waals surface area (Å²) in [5, 5.41) is 3.69. The van der Waals surface area contributed by atoms with Crippen LogP contribution in [0.2, 0.25) is 0 Å². The molecule has 0 radical (unpaired) electrons. The normalized spacial score (nSPS) is 11.6. The molecule has 2 nitrogen and oxygen atoms in total. The van der Waals surface area contributed by atoms with Gasteiger partial charge in [-0.25, -0.2) is 4.98 Å². The molecule has 3 heteroatoms. The van der Waals surface area contributed by atoms with Crippen LogP contribution >= 0.6 is 15.9 Å². The SMILES string of the molecule is Cc1c2c3ccccc3c(-c3ccc(Br)cc3)nc2n2ccccc12. The van der Waals surface area contributed by atoms with E-state index in [0.717, 1.165) is 21.4 Å². The Hall–Kier alpha value is -2.65. The van der Waals surface area contributed by atoms with Crippen molar-refractivity contribution in [3.05, 3.63) is 83.0 Å². The molecule has 25 heavy (non-hydrogen) atoms. The molecule has 0 atom stereocenters. The highest BCUT2D eigenvalue weighted by Crippen LogP contribution is 2.36. The van der Waals surface area contributed by atoms with Gasteiger partial charge in [-0.15, -0.1) is 0 Å². The number of hydrogen-bond acceptors (Lipinski definition) is 1. The van der Waals surface area contributed by atoms with Crippen LogP contribution in [0.4, 0.5) is 0 Å². The van der Waals surface area contributed by atoms with E-state index in [1.807, 2.05) is 0 Å². The van der Waals surface area contributed by atoms with Crippen molar-refractivity contribution in [1.82, 2.24) is 9.38 Å². The lowest BCUT2D eigenvalue weighted by molar-refractivity contribution is 1.20. The minimum Gasteiger partial charge on any atom is -0.301 e. The average Bonchev–Trinajstić information content (AvgIpc) is 2.95. The molecule has 0 aliphatic carbocycles. The number of pyridine rings is 2. The molecule has 0 saturated carbocycles. The van der Waals surface area contributed by atoms with E-state index in [9.17, 15) is 0 Å². The quantitative estimate of drug-likeness (QED) is 0.326. The molecule has 0 amide bonds. The van der Waals surface area contributed by atoms with E-state index in [1.165, 1.54) is 27.2 Å². The zero-order chi connectivity index (χ0) is 17.0. The third-order valence-electron chi connectivity index (χ3n) is 4.86. The predicted octanol–water partition coefficient (Wildman–Crippen LogP) is 6.38. The molecule has 2 aromatic carbocycles. The predicted molar refractivity (Wildman–Crippen MR) is 108 cm³/mol. The summed E-state index contributed by atoms with van der Waals surface area (Å²) in [4.78, 5) is 5.10. The third kappa shape index (κ3) is 2.12. The van der Waals surface area contributed by atoms with E-state index in [2.05, 4.69) is 100 Å². The zero-order valence-corrected chi connectivity index (χ0v) is 15.3. The van der Waals surface area contributed by atoms with E-state index in [0.29, 0.717) is 0 Å². The highest BCUT2D eigenvalue weighted by Gasteiger charge is 2.16. The molecule has 3 heterocycles. The molecule has 0 spiro atoms. The number of aromatic nitrogens is 2. The first kappa shape index (κ1) is 14.7.